The molecule has 1 heterocycles. The lowest BCUT2D eigenvalue weighted by atomic mass is 9.82. The molecule has 4 rings (SSSR count). The second kappa shape index (κ2) is 11.3. The van der Waals surface area contributed by atoms with Crippen LogP contribution in [0.3, 0.4) is 0 Å². The van der Waals surface area contributed by atoms with Crippen molar-refractivity contribution < 1.29 is 4.79 Å². The lowest BCUT2D eigenvalue weighted by Crippen LogP contribution is -2.52. The van der Waals surface area contributed by atoms with Crippen LogP contribution < -0.4 is 0 Å². The molecule has 31 heavy (non-hydrogen) atoms. The molecule has 168 valence electrons. The number of piperazine rings is 1. The van der Waals surface area contributed by atoms with Gasteiger partial charge in [-0.3, -0.25) is 9.69 Å². The van der Waals surface area contributed by atoms with Gasteiger partial charge in [-0.05, 0) is 43.2 Å². The van der Waals surface area contributed by atoms with Crippen molar-refractivity contribution in [1.82, 2.24) is 9.80 Å². The number of amides is 1. The topological polar surface area (TPSA) is 23.6 Å². The van der Waals surface area contributed by atoms with Crippen LogP contribution in [0, 0.1) is 5.92 Å². The lowest BCUT2D eigenvalue weighted by molar-refractivity contribution is -0.130. The van der Waals surface area contributed by atoms with E-state index in [1.807, 2.05) is 36.4 Å². The maximum absolute atomic E-state index is 13.6. The molecule has 0 N–H and O–H groups in total. The molecule has 0 spiro atoms. The summed E-state index contributed by atoms with van der Waals surface area (Å²) in [5.41, 5.74) is 2.01. The third kappa shape index (κ3) is 6.02. The molecule has 3 nitrogen and oxygen atoms in total. The monoisotopic (exact) mass is 440 g/mol. The van der Waals surface area contributed by atoms with Gasteiger partial charge in [0.2, 0.25) is 5.91 Å². The number of nitrogens with zero attached hydrogens (tertiary/aromatic N) is 2. The average molecular weight is 441 g/mol. The number of rotatable bonds is 5. The highest BCUT2D eigenvalue weighted by atomic mass is 35.5. The van der Waals surface area contributed by atoms with E-state index in [9.17, 15) is 4.79 Å². The third-order valence-electron chi connectivity index (χ3n) is 7.44. The molecule has 4 heteroatoms. The first-order valence-electron chi connectivity index (χ1n) is 12.4. The Morgan fingerprint density at radius 3 is 2.19 bits per heavy atom. The zero-order valence-corrected chi connectivity index (χ0v) is 19.5. The Hall–Kier alpha value is -1.58. The molecule has 0 radical (unpaired) electrons. The number of hydrogen-bond acceptors (Lipinski definition) is 2. The smallest absolute Gasteiger partial charge is 0.250 e. The molecule has 1 aromatic rings. The minimum absolute atomic E-state index is 0.263. The fourth-order valence-electron chi connectivity index (χ4n) is 5.58. The number of halogens is 1. The van der Waals surface area contributed by atoms with Crippen LogP contribution >= 0.6 is 11.6 Å². The quantitative estimate of drug-likeness (QED) is 0.394. The summed E-state index contributed by atoms with van der Waals surface area (Å²) in [6.07, 6.45) is 19.0. The van der Waals surface area contributed by atoms with Crippen molar-refractivity contribution in [3.05, 3.63) is 52.6 Å². The van der Waals surface area contributed by atoms with Gasteiger partial charge in [0.25, 0.3) is 0 Å². The Bertz CT molecular complexity index is 782. The van der Waals surface area contributed by atoms with E-state index in [0.717, 1.165) is 61.2 Å². The molecule has 1 aliphatic heterocycles. The number of hydrogen-bond donors (Lipinski definition) is 0. The molecule has 2 aliphatic carbocycles. The highest BCUT2D eigenvalue weighted by Crippen LogP contribution is 2.32. The van der Waals surface area contributed by atoms with Crippen LogP contribution in [-0.2, 0) is 4.79 Å². The largest absolute Gasteiger partial charge is 0.336 e. The summed E-state index contributed by atoms with van der Waals surface area (Å²) < 4.78 is 0. The van der Waals surface area contributed by atoms with Crippen molar-refractivity contribution >= 4 is 23.6 Å². The van der Waals surface area contributed by atoms with E-state index in [0.29, 0.717) is 5.92 Å². The second-order valence-corrected chi connectivity index (χ2v) is 9.86. The van der Waals surface area contributed by atoms with Crippen molar-refractivity contribution in [2.75, 3.05) is 26.2 Å². The summed E-state index contributed by atoms with van der Waals surface area (Å²) in [5, 5.41) is 0.747. The second-order valence-electron chi connectivity index (χ2n) is 9.46. The van der Waals surface area contributed by atoms with Crippen molar-refractivity contribution in [3.8, 4) is 0 Å². The van der Waals surface area contributed by atoms with Gasteiger partial charge in [0.15, 0.2) is 0 Å². The Balaban J connectivity index is 1.43. The van der Waals surface area contributed by atoms with Gasteiger partial charge in [-0.2, -0.15) is 0 Å². The average Bonchev–Trinajstić information content (AvgIpc) is 2.84. The molecule has 3 aliphatic rings. The van der Waals surface area contributed by atoms with E-state index in [4.69, 9.17) is 11.6 Å². The van der Waals surface area contributed by atoms with Gasteiger partial charge in [0, 0.05) is 42.8 Å². The zero-order valence-electron chi connectivity index (χ0n) is 18.8. The molecule has 2 saturated carbocycles. The van der Waals surface area contributed by atoms with Crippen LogP contribution in [0.15, 0.2) is 42.0 Å². The molecule has 3 fully saturated rings. The third-order valence-corrected chi connectivity index (χ3v) is 7.79. The minimum Gasteiger partial charge on any atom is -0.336 e. The normalized spacial score (nSPS) is 22.9. The first-order valence-corrected chi connectivity index (χ1v) is 12.8. The van der Waals surface area contributed by atoms with Crippen LogP contribution in [0.5, 0.6) is 0 Å². The Labute approximate surface area is 193 Å². The minimum atomic E-state index is 0.263. The molecular formula is C27H37ClN2O. The van der Waals surface area contributed by atoms with E-state index < -0.39 is 0 Å². The SMILES string of the molecule is O=C(C(=CC=Cc1ccccc1Cl)C1CCCCC1)N1CCN(C2CCCCC2)CC1. The Morgan fingerprint density at radius 1 is 0.871 bits per heavy atom. The molecule has 0 aromatic heterocycles. The standard InChI is InChI=1S/C27H37ClN2O/c28-26-17-8-7-12-23(26)13-9-16-25(22-10-3-1-4-11-22)27(31)30-20-18-29(19-21-30)24-14-5-2-6-15-24/h7-9,12-13,16-17,22,24H,1-6,10-11,14-15,18-21H2. The predicted molar refractivity (Wildman–Crippen MR) is 130 cm³/mol. The van der Waals surface area contributed by atoms with Gasteiger partial charge in [-0.1, -0.05) is 86.6 Å². The van der Waals surface area contributed by atoms with Gasteiger partial charge in [0.05, 0.1) is 0 Å². The van der Waals surface area contributed by atoms with Crippen molar-refractivity contribution in [3.63, 3.8) is 0 Å². The van der Waals surface area contributed by atoms with Crippen LogP contribution in [0.25, 0.3) is 6.08 Å². The summed E-state index contributed by atoms with van der Waals surface area (Å²) in [4.78, 5) is 18.3. The summed E-state index contributed by atoms with van der Waals surface area (Å²) in [6.45, 7) is 3.80. The summed E-state index contributed by atoms with van der Waals surface area (Å²) >= 11 is 6.30. The van der Waals surface area contributed by atoms with E-state index in [1.165, 1.54) is 51.4 Å². The van der Waals surface area contributed by atoms with Crippen molar-refractivity contribution in [2.24, 2.45) is 5.92 Å². The number of carbonyl (C=O) groups excluding carboxylic acids is 1. The molecule has 1 amide bonds. The maximum Gasteiger partial charge on any atom is 0.250 e. The fourth-order valence-corrected chi connectivity index (χ4v) is 5.78. The van der Waals surface area contributed by atoms with Gasteiger partial charge >= 0.3 is 0 Å². The number of allylic oxidation sites excluding steroid dienone is 2. The van der Waals surface area contributed by atoms with Gasteiger partial charge in [0.1, 0.15) is 0 Å². The fraction of sp³-hybridized carbons (Fsp3) is 0.593. The van der Waals surface area contributed by atoms with Crippen LogP contribution in [0.4, 0.5) is 0 Å². The number of carbonyl (C=O) groups is 1. The van der Waals surface area contributed by atoms with Crippen molar-refractivity contribution in [2.45, 2.75) is 70.3 Å². The van der Waals surface area contributed by atoms with Crippen molar-refractivity contribution in [1.29, 1.82) is 0 Å². The first-order chi connectivity index (χ1) is 15.2. The summed E-state index contributed by atoms with van der Waals surface area (Å²) in [6, 6.07) is 8.61. The first kappa shape index (κ1) is 22.6. The van der Waals surface area contributed by atoms with Gasteiger partial charge < -0.3 is 4.90 Å². The Kier molecular flexibility index (Phi) is 8.27. The maximum atomic E-state index is 13.6. The molecule has 0 bridgehead atoms. The van der Waals surface area contributed by atoms with E-state index in [-0.39, 0.29) is 5.91 Å². The van der Waals surface area contributed by atoms with E-state index in [1.54, 1.807) is 0 Å². The molecule has 1 aromatic carbocycles. The van der Waals surface area contributed by atoms with Crippen LogP contribution in [-0.4, -0.2) is 47.9 Å². The summed E-state index contributed by atoms with van der Waals surface area (Å²) in [7, 11) is 0. The summed E-state index contributed by atoms with van der Waals surface area (Å²) in [5.74, 6) is 0.660. The highest BCUT2D eigenvalue weighted by molar-refractivity contribution is 6.32. The Morgan fingerprint density at radius 2 is 1.52 bits per heavy atom. The number of benzene rings is 1. The predicted octanol–water partition coefficient (Wildman–Crippen LogP) is 6.34. The van der Waals surface area contributed by atoms with E-state index in [2.05, 4.69) is 15.9 Å². The van der Waals surface area contributed by atoms with Crippen LogP contribution in [0.2, 0.25) is 5.02 Å². The van der Waals surface area contributed by atoms with Gasteiger partial charge in [-0.25, -0.2) is 0 Å². The molecule has 1 saturated heterocycles. The lowest BCUT2D eigenvalue weighted by Gasteiger charge is -2.41. The van der Waals surface area contributed by atoms with Crippen LogP contribution in [0.1, 0.15) is 69.8 Å². The molecule has 0 unspecified atom stereocenters. The molecular weight excluding hydrogens is 404 g/mol. The highest BCUT2D eigenvalue weighted by Gasteiger charge is 2.30. The zero-order chi connectivity index (χ0) is 21.5. The molecule has 0 atom stereocenters. The van der Waals surface area contributed by atoms with Gasteiger partial charge in [-0.15, -0.1) is 0 Å². The van der Waals surface area contributed by atoms with E-state index >= 15 is 0 Å².